The number of rotatable bonds is 4. The molecule has 0 radical (unpaired) electrons. The van der Waals surface area contributed by atoms with Crippen molar-refractivity contribution in [2.45, 2.75) is 19.4 Å². The number of halogens is 2. The van der Waals surface area contributed by atoms with Gasteiger partial charge in [-0.3, -0.25) is 10.2 Å². The molecular weight excluding hydrogens is 455 g/mol. The molecule has 1 fully saturated rings. The summed E-state index contributed by atoms with van der Waals surface area (Å²) in [6.07, 6.45) is 4.21. The van der Waals surface area contributed by atoms with Crippen molar-refractivity contribution in [3.8, 4) is 5.69 Å². The fourth-order valence-corrected chi connectivity index (χ4v) is 5.06. The van der Waals surface area contributed by atoms with E-state index < -0.39 is 0 Å². The van der Waals surface area contributed by atoms with Crippen molar-refractivity contribution >= 4 is 52.1 Å². The molecule has 3 aromatic rings. The molecule has 2 aromatic heterocycles. The van der Waals surface area contributed by atoms with Crippen LogP contribution in [0.5, 0.6) is 0 Å². The van der Waals surface area contributed by atoms with Crippen LogP contribution in [0.15, 0.2) is 35.0 Å². The lowest BCUT2D eigenvalue weighted by Crippen LogP contribution is -2.40. The van der Waals surface area contributed by atoms with Gasteiger partial charge in [0.25, 0.3) is 5.91 Å². The molecule has 4 heterocycles. The number of nitrogens with zero attached hydrogens (tertiary/aromatic N) is 3. The SMILES string of the molecule is O=C(NN1CCCC1)c1nn(-c2ccc(Cl)cc2Cl)c2c1COC/C2=C\c1ccsc1. The summed E-state index contributed by atoms with van der Waals surface area (Å²) in [6, 6.07) is 7.31. The lowest BCUT2D eigenvalue weighted by Gasteiger charge is -2.20. The molecule has 0 unspecified atom stereocenters. The van der Waals surface area contributed by atoms with E-state index in [1.165, 1.54) is 0 Å². The minimum Gasteiger partial charge on any atom is -0.372 e. The summed E-state index contributed by atoms with van der Waals surface area (Å²) in [6.45, 7) is 2.42. The topological polar surface area (TPSA) is 59.4 Å². The van der Waals surface area contributed by atoms with Crippen LogP contribution in [-0.4, -0.2) is 40.4 Å². The van der Waals surface area contributed by atoms with Gasteiger partial charge in [0.05, 0.1) is 29.6 Å². The Balaban J connectivity index is 1.64. The number of amides is 1. The minimum absolute atomic E-state index is 0.234. The number of benzene rings is 1. The van der Waals surface area contributed by atoms with Crippen LogP contribution >= 0.6 is 34.5 Å². The minimum atomic E-state index is -0.234. The summed E-state index contributed by atoms with van der Waals surface area (Å²) >= 11 is 14.3. The van der Waals surface area contributed by atoms with E-state index in [0.717, 1.165) is 48.3 Å². The van der Waals surface area contributed by atoms with Gasteiger partial charge in [-0.2, -0.15) is 16.4 Å². The van der Waals surface area contributed by atoms with Crippen molar-refractivity contribution in [3.05, 3.63) is 67.6 Å². The van der Waals surface area contributed by atoms with Crippen molar-refractivity contribution in [2.24, 2.45) is 0 Å². The molecule has 5 rings (SSSR count). The molecule has 160 valence electrons. The first-order chi connectivity index (χ1) is 15.1. The zero-order chi connectivity index (χ0) is 21.4. The molecule has 31 heavy (non-hydrogen) atoms. The first kappa shape index (κ1) is 20.7. The maximum absolute atomic E-state index is 13.1. The fourth-order valence-electron chi connectivity index (χ4n) is 3.95. The Morgan fingerprint density at radius 3 is 2.77 bits per heavy atom. The lowest BCUT2D eigenvalue weighted by atomic mass is 10.0. The van der Waals surface area contributed by atoms with E-state index in [2.05, 4.69) is 16.9 Å². The number of carbonyl (C=O) groups is 1. The van der Waals surface area contributed by atoms with Gasteiger partial charge in [0.2, 0.25) is 0 Å². The van der Waals surface area contributed by atoms with Gasteiger partial charge in [-0.25, -0.2) is 9.69 Å². The molecule has 9 heteroatoms. The highest BCUT2D eigenvalue weighted by Crippen LogP contribution is 2.35. The van der Waals surface area contributed by atoms with Gasteiger partial charge >= 0.3 is 0 Å². The van der Waals surface area contributed by atoms with Crippen molar-refractivity contribution in [1.82, 2.24) is 20.2 Å². The van der Waals surface area contributed by atoms with Gasteiger partial charge in [0.1, 0.15) is 0 Å². The number of thiophene rings is 1. The monoisotopic (exact) mass is 474 g/mol. The second kappa shape index (κ2) is 8.76. The molecule has 1 aromatic carbocycles. The molecule has 0 aliphatic carbocycles. The third-order valence-electron chi connectivity index (χ3n) is 5.39. The van der Waals surface area contributed by atoms with Crippen molar-refractivity contribution in [3.63, 3.8) is 0 Å². The number of hydrogen-bond acceptors (Lipinski definition) is 5. The lowest BCUT2D eigenvalue weighted by molar-refractivity contribution is 0.0813. The number of carbonyl (C=O) groups excluding carboxylic acids is 1. The van der Waals surface area contributed by atoms with Gasteiger partial charge < -0.3 is 4.74 Å². The normalized spacial score (nSPS) is 17.8. The molecule has 2 aliphatic heterocycles. The van der Waals surface area contributed by atoms with Crippen LogP contribution in [-0.2, 0) is 11.3 Å². The van der Waals surface area contributed by atoms with Crippen molar-refractivity contribution < 1.29 is 9.53 Å². The molecule has 2 aliphatic rings. The number of nitrogens with one attached hydrogen (secondary N) is 1. The molecule has 0 saturated carbocycles. The Labute approximate surface area is 194 Å². The third-order valence-corrected chi connectivity index (χ3v) is 6.63. The average Bonchev–Trinajstić information content (AvgIpc) is 3.49. The Hall–Kier alpha value is -2.16. The zero-order valence-corrected chi connectivity index (χ0v) is 18.9. The van der Waals surface area contributed by atoms with Gasteiger partial charge in [0, 0.05) is 29.2 Å². The number of hydrogen-bond donors (Lipinski definition) is 1. The summed E-state index contributed by atoms with van der Waals surface area (Å²) in [7, 11) is 0. The maximum atomic E-state index is 13.1. The van der Waals surface area contributed by atoms with E-state index in [1.54, 1.807) is 28.2 Å². The molecule has 0 spiro atoms. The maximum Gasteiger partial charge on any atom is 0.286 e. The Bertz CT molecular complexity index is 1150. The van der Waals surface area contributed by atoms with E-state index in [4.69, 9.17) is 33.0 Å². The highest BCUT2D eigenvalue weighted by Gasteiger charge is 2.30. The van der Waals surface area contributed by atoms with Crippen LogP contribution in [0.3, 0.4) is 0 Å². The van der Waals surface area contributed by atoms with Crippen LogP contribution in [0.1, 0.15) is 40.2 Å². The summed E-state index contributed by atoms with van der Waals surface area (Å²) in [5, 5.41) is 11.7. The average molecular weight is 475 g/mol. The first-order valence-electron chi connectivity index (χ1n) is 10.0. The number of ether oxygens (including phenoxy) is 1. The number of hydrazine groups is 1. The van der Waals surface area contributed by atoms with Crippen LogP contribution in [0.4, 0.5) is 0 Å². The summed E-state index contributed by atoms with van der Waals surface area (Å²) in [5.74, 6) is -0.234. The smallest absolute Gasteiger partial charge is 0.286 e. The molecule has 0 bridgehead atoms. The molecule has 1 N–H and O–H groups in total. The molecule has 1 saturated heterocycles. The quantitative estimate of drug-likeness (QED) is 0.574. The molecule has 6 nitrogen and oxygen atoms in total. The van der Waals surface area contributed by atoms with E-state index in [-0.39, 0.29) is 5.91 Å². The zero-order valence-electron chi connectivity index (χ0n) is 16.6. The Kier molecular flexibility index (Phi) is 5.86. The second-order valence-corrected chi connectivity index (χ2v) is 9.16. The largest absolute Gasteiger partial charge is 0.372 e. The first-order valence-corrected chi connectivity index (χ1v) is 11.7. The van der Waals surface area contributed by atoms with Gasteiger partial charge in [-0.1, -0.05) is 23.2 Å². The predicted octanol–water partition coefficient (Wildman–Crippen LogP) is 5.05. The van der Waals surface area contributed by atoms with Crippen LogP contribution < -0.4 is 5.43 Å². The molecule has 1 amide bonds. The standard InChI is InChI=1S/C22H20Cl2N4O2S/c23-16-3-4-19(18(24)10-16)28-21-15(9-14-5-8-31-13-14)11-30-12-17(21)20(25-28)22(29)26-27-6-1-2-7-27/h3-5,8-10,13H,1-2,6-7,11-12H2,(H,26,29)/b15-9+. The predicted molar refractivity (Wildman–Crippen MR) is 124 cm³/mol. The Morgan fingerprint density at radius 2 is 2.03 bits per heavy atom. The summed E-state index contributed by atoms with van der Waals surface area (Å²) in [5.41, 5.74) is 7.63. The van der Waals surface area contributed by atoms with Gasteiger partial charge in [0.15, 0.2) is 5.69 Å². The Morgan fingerprint density at radius 1 is 1.19 bits per heavy atom. The highest BCUT2D eigenvalue weighted by molar-refractivity contribution is 7.08. The van der Waals surface area contributed by atoms with E-state index in [1.807, 2.05) is 22.5 Å². The summed E-state index contributed by atoms with van der Waals surface area (Å²) < 4.78 is 7.59. The van der Waals surface area contributed by atoms with Crippen molar-refractivity contribution in [2.75, 3.05) is 19.7 Å². The highest BCUT2D eigenvalue weighted by atomic mass is 35.5. The van der Waals surface area contributed by atoms with Crippen LogP contribution in [0, 0.1) is 0 Å². The van der Waals surface area contributed by atoms with Gasteiger partial charge in [-0.15, -0.1) is 0 Å². The second-order valence-electron chi connectivity index (χ2n) is 7.54. The van der Waals surface area contributed by atoms with Crippen LogP contribution in [0.2, 0.25) is 10.0 Å². The number of fused-ring (bicyclic) bond motifs is 1. The molecule has 0 atom stereocenters. The van der Waals surface area contributed by atoms with E-state index in [0.29, 0.717) is 34.6 Å². The van der Waals surface area contributed by atoms with Crippen LogP contribution in [0.25, 0.3) is 17.3 Å². The number of aromatic nitrogens is 2. The van der Waals surface area contributed by atoms with E-state index >= 15 is 0 Å². The third kappa shape index (κ3) is 4.16. The molecular formula is C22H20Cl2N4O2S. The van der Waals surface area contributed by atoms with Gasteiger partial charge in [-0.05, 0) is 59.5 Å². The summed E-state index contributed by atoms with van der Waals surface area (Å²) in [4.78, 5) is 13.1. The fraction of sp³-hybridized carbons (Fsp3) is 0.273. The van der Waals surface area contributed by atoms with E-state index in [9.17, 15) is 4.79 Å². The van der Waals surface area contributed by atoms with Crippen molar-refractivity contribution in [1.29, 1.82) is 0 Å².